The summed E-state index contributed by atoms with van der Waals surface area (Å²) in [6.45, 7) is 0. The summed E-state index contributed by atoms with van der Waals surface area (Å²) in [6, 6.07) is 16.2. The molecule has 0 aromatic heterocycles. The van der Waals surface area contributed by atoms with Crippen LogP contribution in [0.5, 0.6) is 0 Å². The maximum Gasteiger partial charge on any atom is 0.0657 e. The van der Waals surface area contributed by atoms with E-state index in [4.69, 9.17) is 19.4 Å². The van der Waals surface area contributed by atoms with Gasteiger partial charge in [0.25, 0.3) is 0 Å². The molecule has 2 rings (SSSR count). The van der Waals surface area contributed by atoms with Crippen molar-refractivity contribution in [1.82, 2.24) is 0 Å². The largest absolute Gasteiger partial charge is 0.0847 e. The van der Waals surface area contributed by atoms with Crippen LogP contribution >= 0.6 is 11.6 Å². The van der Waals surface area contributed by atoms with Gasteiger partial charge in [-0.15, -0.1) is 0 Å². The van der Waals surface area contributed by atoms with Gasteiger partial charge in [0, 0.05) is 5.02 Å². The van der Waals surface area contributed by atoms with Crippen molar-refractivity contribution < 1.29 is 0 Å². The highest BCUT2D eigenvalue weighted by Crippen LogP contribution is 2.25. The first-order valence-corrected chi connectivity index (χ1v) is 5.73. The first-order chi connectivity index (χ1) is 7.81. The lowest BCUT2D eigenvalue weighted by molar-refractivity contribution is 1.14. The molecule has 0 aliphatic heterocycles. The molecule has 0 fully saturated rings. The zero-order valence-corrected chi connectivity index (χ0v) is 9.74. The van der Waals surface area contributed by atoms with E-state index in [1.165, 1.54) is 16.7 Å². The number of benzene rings is 2. The first-order valence-electron chi connectivity index (χ1n) is 5.35. The minimum absolute atomic E-state index is 0.671. The highest BCUT2D eigenvalue weighted by Gasteiger charge is 2.03. The number of rotatable bonds is 3. The Labute approximate surface area is 103 Å². The summed E-state index contributed by atoms with van der Waals surface area (Å²) in [4.78, 5) is 0. The summed E-state index contributed by atoms with van der Waals surface area (Å²) in [5.41, 5.74) is 3.71. The normalized spacial score (nSPS) is 10.3. The second-order valence-electron chi connectivity index (χ2n) is 3.70. The molecule has 2 heteroatoms. The molecule has 2 aromatic rings. The topological polar surface area (TPSA) is 0 Å². The Bertz CT molecular complexity index is 462. The summed E-state index contributed by atoms with van der Waals surface area (Å²) in [5.74, 6) is 0. The molecule has 2 aromatic carbocycles. The standard InChI is InChI=1S/C14H12BCl/c15-10-9-11-3-1-2-4-14(11)12-5-7-13(16)8-6-12/h1-8H,9-10H2. The van der Waals surface area contributed by atoms with Crippen LogP contribution in [0.2, 0.25) is 11.3 Å². The van der Waals surface area contributed by atoms with E-state index >= 15 is 0 Å². The highest BCUT2D eigenvalue weighted by molar-refractivity contribution is 6.30. The summed E-state index contributed by atoms with van der Waals surface area (Å²) < 4.78 is 0. The van der Waals surface area contributed by atoms with E-state index in [9.17, 15) is 0 Å². The van der Waals surface area contributed by atoms with Gasteiger partial charge < -0.3 is 0 Å². The second kappa shape index (κ2) is 5.22. The lowest BCUT2D eigenvalue weighted by Crippen LogP contribution is -1.89. The Kier molecular flexibility index (Phi) is 3.68. The number of hydrogen-bond donors (Lipinski definition) is 0. The second-order valence-corrected chi connectivity index (χ2v) is 4.14. The fourth-order valence-electron chi connectivity index (χ4n) is 1.80. The molecule has 0 heterocycles. The molecule has 0 unspecified atom stereocenters. The molecular weight excluding hydrogens is 214 g/mol. The molecule has 0 aliphatic rings. The molecule has 0 amide bonds. The van der Waals surface area contributed by atoms with E-state index in [1.807, 2.05) is 36.4 Å². The molecule has 0 spiro atoms. The maximum atomic E-state index is 5.88. The molecule has 0 aliphatic carbocycles. The molecule has 0 nitrogen and oxygen atoms in total. The zero-order chi connectivity index (χ0) is 11.4. The highest BCUT2D eigenvalue weighted by atomic mass is 35.5. The summed E-state index contributed by atoms with van der Waals surface area (Å²) in [6.07, 6.45) is 1.57. The average molecular weight is 227 g/mol. The van der Waals surface area contributed by atoms with E-state index in [1.54, 1.807) is 0 Å². The fraction of sp³-hybridized carbons (Fsp3) is 0.143. The van der Waals surface area contributed by atoms with Crippen LogP contribution in [0.4, 0.5) is 0 Å². The van der Waals surface area contributed by atoms with Crippen molar-refractivity contribution in [1.29, 1.82) is 0 Å². The van der Waals surface area contributed by atoms with Gasteiger partial charge in [0.1, 0.15) is 0 Å². The Morgan fingerprint density at radius 2 is 1.62 bits per heavy atom. The predicted molar refractivity (Wildman–Crippen MR) is 71.2 cm³/mol. The van der Waals surface area contributed by atoms with Crippen LogP contribution in [0, 0.1) is 0 Å². The van der Waals surface area contributed by atoms with Gasteiger partial charge in [-0.3, -0.25) is 0 Å². The molecule has 0 saturated heterocycles. The quantitative estimate of drug-likeness (QED) is 0.690. The number of halogens is 1. The summed E-state index contributed by atoms with van der Waals surface area (Å²) in [7, 11) is 5.61. The minimum Gasteiger partial charge on any atom is -0.0847 e. The van der Waals surface area contributed by atoms with Crippen LogP contribution < -0.4 is 0 Å². The van der Waals surface area contributed by atoms with Crippen LogP contribution in [0.15, 0.2) is 48.5 Å². The van der Waals surface area contributed by atoms with Crippen molar-refractivity contribution in [2.24, 2.45) is 0 Å². The maximum absolute atomic E-state index is 5.88. The molecule has 2 radical (unpaired) electrons. The van der Waals surface area contributed by atoms with E-state index < -0.39 is 0 Å². The van der Waals surface area contributed by atoms with Crippen LogP contribution in [-0.4, -0.2) is 7.85 Å². The molecule has 0 saturated carbocycles. The molecule has 0 N–H and O–H groups in total. The van der Waals surface area contributed by atoms with E-state index in [-0.39, 0.29) is 0 Å². The Morgan fingerprint density at radius 3 is 2.31 bits per heavy atom. The molecule has 0 atom stereocenters. The SMILES string of the molecule is [B]CCc1ccccc1-c1ccc(Cl)cc1. The van der Waals surface area contributed by atoms with Crippen LogP contribution in [-0.2, 0) is 6.42 Å². The fourth-order valence-corrected chi connectivity index (χ4v) is 1.93. The van der Waals surface area contributed by atoms with E-state index in [2.05, 4.69) is 12.1 Å². The van der Waals surface area contributed by atoms with Crippen molar-refractivity contribution in [3.05, 3.63) is 59.1 Å². The van der Waals surface area contributed by atoms with E-state index in [0.717, 1.165) is 11.4 Å². The Morgan fingerprint density at radius 1 is 0.938 bits per heavy atom. The Balaban J connectivity index is 2.42. The van der Waals surface area contributed by atoms with Gasteiger partial charge in [-0.1, -0.05) is 54.3 Å². The van der Waals surface area contributed by atoms with Crippen molar-refractivity contribution in [2.45, 2.75) is 12.7 Å². The smallest absolute Gasteiger partial charge is 0.0657 e. The third-order valence-electron chi connectivity index (χ3n) is 2.59. The first kappa shape index (κ1) is 11.3. The van der Waals surface area contributed by atoms with Crippen molar-refractivity contribution in [3.63, 3.8) is 0 Å². The van der Waals surface area contributed by atoms with Crippen molar-refractivity contribution >= 4 is 19.4 Å². The Hall–Kier alpha value is -1.21. The van der Waals surface area contributed by atoms with E-state index in [0.29, 0.717) is 6.32 Å². The summed E-state index contributed by atoms with van der Waals surface area (Å²) in [5, 5.41) is 0.764. The molecular formula is C14H12BCl. The van der Waals surface area contributed by atoms with Gasteiger partial charge in [-0.25, -0.2) is 0 Å². The third-order valence-corrected chi connectivity index (χ3v) is 2.84. The predicted octanol–water partition coefficient (Wildman–Crippen LogP) is 4.14. The van der Waals surface area contributed by atoms with Crippen LogP contribution in [0.1, 0.15) is 5.56 Å². The minimum atomic E-state index is 0.671. The molecule has 0 bridgehead atoms. The molecule has 16 heavy (non-hydrogen) atoms. The zero-order valence-electron chi connectivity index (χ0n) is 8.99. The lowest BCUT2D eigenvalue weighted by Gasteiger charge is -2.08. The van der Waals surface area contributed by atoms with Gasteiger partial charge in [-0.2, -0.15) is 0 Å². The summed E-state index contributed by atoms with van der Waals surface area (Å²) >= 11 is 5.88. The number of hydrogen-bond acceptors (Lipinski definition) is 0. The molecule has 78 valence electrons. The van der Waals surface area contributed by atoms with Gasteiger partial charge in [0.05, 0.1) is 7.85 Å². The van der Waals surface area contributed by atoms with Crippen LogP contribution in [0.3, 0.4) is 0 Å². The van der Waals surface area contributed by atoms with Gasteiger partial charge in [0.15, 0.2) is 0 Å². The average Bonchev–Trinajstić information content (AvgIpc) is 2.32. The number of aryl methyl sites for hydroxylation is 1. The van der Waals surface area contributed by atoms with Crippen molar-refractivity contribution in [2.75, 3.05) is 0 Å². The van der Waals surface area contributed by atoms with Crippen molar-refractivity contribution in [3.8, 4) is 11.1 Å². The monoisotopic (exact) mass is 226 g/mol. The lowest BCUT2D eigenvalue weighted by atomic mass is 9.92. The van der Waals surface area contributed by atoms with Gasteiger partial charge in [0.2, 0.25) is 0 Å². The van der Waals surface area contributed by atoms with Gasteiger partial charge >= 0.3 is 0 Å². The van der Waals surface area contributed by atoms with Gasteiger partial charge in [-0.05, 0) is 35.2 Å². The third kappa shape index (κ3) is 2.48. The van der Waals surface area contributed by atoms with Crippen LogP contribution in [0.25, 0.3) is 11.1 Å².